The standard InChI is InChI=1S/C23H33N/c1-2-3-4-5-6-7-14-19-24(20-22-15-10-8-11-16-22)21-23-17-12-9-13-18-23/h8-13,15-18H,2-7,14,19-21H2,1H3. The fraction of sp³-hybridized carbons (Fsp3) is 0.478. The molecule has 0 spiro atoms. The van der Waals surface area contributed by atoms with Crippen LogP contribution < -0.4 is 0 Å². The first-order valence-corrected chi connectivity index (χ1v) is 9.68. The van der Waals surface area contributed by atoms with Crippen molar-refractivity contribution in [3.63, 3.8) is 0 Å². The van der Waals surface area contributed by atoms with E-state index in [1.165, 1.54) is 62.6 Å². The SMILES string of the molecule is CCCCCCCCCN(Cc1ccccc1)Cc1ccccc1. The van der Waals surface area contributed by atoms with Gasteiger partial charge in [-0.25, -0.2) is 0 Å². The van der Waals surface area contributed by atoms with Gasteiger partial charge >= 0.3 is 0 Å². The Bertz CT molecular complexity index is 479. The smallest absolute Gasteiger partial charge is 0.0237 e. The van der Waals surface area contributed by atoms with Gasteiger partial charge in [0.15, 0.2) is 0 Å². The van der Waals surface area contributed by atoms with Crippen LogP contribution in [0.25, 0.3) is 0 Å². The van der Waals surface area contributed by atoms with E-state index in [9.17, 15) is 0 Å². The van der Waals surface area contributed by atoms with Crippen molar-refractivity contribution in [3.8, 4) is 0 Å². The van der Waals surface area contributed by atoms with Gasteiger partial charge in [-0.2, -0.15) is 0 Å². The summed E-state index contributed by atoms with van der Waals surface area (Å²) in [5, 5.41) is 0. The predicted octanol–water partition coefficient (Wildman–Crippen LogP) is 6.44. The number of benzene rings is 2. The van der Waals surface area contributed by atoms with E-state index in [0.29, 0.717) is 0 Å². The van der Waals surface area contributed by atoms with Crippen LogP contribution in [0.2, 0.25) is 0 Å². The highest BCUT2D eigenvalue weighted by molar-refractivity contribution is 5.17. The summed E-state index contributed by atoms with van der Waals surface area (Å²) in [6, 6.07) is 21.7. The predicted molar refractivity (Wildman–Crippen MR) is 105 cm³/mol. The van der Waals surface area contributed by atoms with Crippen LogP contribution in [0.4, 0.5) is 0 Å². The molecule has 0 aliphatic heterocycles. The summed E-state index contributed by atoms with van der Waals surface area (Å²) in [5.74, 6) is 0. The van der Waals surface area contributed by atoms with E-state index in [1.54, 1.807) is 0 Å². The lowest BCUT2D eigenvalue weighted by molar-refractivity contribution is 0.250. The monoisotopic (exact) mass is 323 g/mol. The summed E-state index contributed by atoms with van der Waals surface area (Å²) in [6.07, 6.45) is 9.62. The number of hydrogen-bond acceptors (Lipinski definition) is 1. The van der Waals surface area contributed by atoms with Gasteiger partial charge in [0.05, 0.1) is 0 Å². The lowest BCUT2D eigenvalue weighted by Gasteiger charge is -2.22. The number of unbranched alkanes of at least 4 members (excludes halogenated alkanes) is 6. The van der Waals surface area contributed by atoms with Crippen molar-refractivity contribution in [2.45, 2.75) is 65.0 Å². The molecule has 1 heteroatoms. The average molecular weight is 324 g/mol. The van der Waals surface area contributed by atoms with Crippen LogP contribution in [0.1, 0.15) is 63.0 Å². The largest absolute Gasteiger partial charge is 0.295 e. The van der Waals surface area contributed by atoms with Crippen molar-refractivity contribution in [2.24, 2.45) is 0 Å². The Hall–Kier alpha value is -1.60. The van der Waals surface area contributed by atoms with Gasteiger partial charge in [-0.05, 0) is 24.1 Å². The average Bonchev–Trinajstić information content (AvgIpc) is 2.62. The van der Waals surface area contributed by atoms with Crippen LogP contribution in [-0.4, -0.2) is 11.4 Å². The molecule has 1 nitrogen and oxygen atoms in total. The van der Waals surface area contributed by atoms with E-state index in [1.807, 2.05) is 0 Å². The Morgan fingerprint density at radius 1 is 0.583 bits per heavy atom. The van der Waals surface area contributed by atoms with Crippen LogP contribution in [0.5, 0.6) is 0 Å². The third-order valence-electron chi connectivity index (χ3n) is 4.58. The number of rotatable bonds is 12. The summed E-state index contributed by atoms with van der Waals surface area (Å²) < 4.78 is 0. The second-order valence-corrected chi connectivity index (χ2v) is 6.80. The summed E-state index contributed by atoms with van der Waals surface area (Å²) >= 11 is 0. The second-order valence-electron chi connectivity index (χ2n) is 6.80. The van der Waals surface area contributed by atoms with Crippen LogP contribution >= 0.6 is 0 Å². The first kappa shape index (κ1) is 18.7. The third-order valence-corrected chi connectivity index (χ3v) is 4.58. The minimum Gasteiger partial charge on any atom is -0.295 e. The molecule has 0 aliphatic rings. The summed E-state index contributed by atoms with van der Waals surface area (Å²) in [5.41, 5.74) is 2.83. The molecule has 0 fully saturated rings. The van der Waals surface area contributed by atoms with E-state index in [4.69, 9.17) is 0 Å². The highest BCUT2D eigenvalue weighted by Crippen LogP contribution is 2.13. The first-order chi connectivity index (χ1) is 11.9. The topological polar surface area (TPSA) is 3.24 Å². The van der Waals surface area contributed by atoms with Crippen molar-refractivity contribution >= 4 is 0 Å². The summed E-state index contributed by atoms with van der Waals surface area (Å²) in [7, 11) is 0. The maximum Gasteiger partial charge on any atom is 0.0237 e. The fourth-order valence-electron chi connectivity index (χ4n) is 3.19. The molecule has 0 radical (unpaired) electrons. The van der Waals surface area contributed by atoms with Crippen molar-refractivity contribution in [1.82, 2.24) is 4.90 Å². The number of nitrogens with zero attached hydrogens (tertiary/aromatic N) is 1. The van der Waals surface area contributed by atoms with Gasteiger partial charge in [0.25, 0.3) is 0 Å². The molecular formula is C23H33N. The van der Waals surface area contributed by atoms with Crippen LogP contribution in [0.3, 0.4) is 0 Å². The van der Waals surface area contributed by atoms with E-state index in [0.717, 1.165) is 13.1 Å². The Labute approximate surface area is 148 Å². The lowest BCUT2D eigenvalue weighted by Crippen LogP contribution is -2.24. The molecule has 2 aromatic carbocycles. The Balaban J connectivity index is 1.79. The van der Waals surface area contributed by atoms with E-state index in [-0.39, 0.29) is 0 Å². The van der Waals surface area contributed by atoms with E-state index >= 15 is 0 Å². The lowest BCUT2D eigenvalue weighted by atomic mass is 10.1. The van der Waals surface area contributed by atoms with Gasteiger partial charge in [-0.15, -0.1) is 0 Å². The quantitative estimate of drug-likeness (QED) is 0.406. The summed E-state index contributed by atoms with van der Waals surface area (Å²) in [6.45, 7) is 5.57. The molecule has 0 atom stereocenters. The first-order valence-electron chi connectivity index (χ1n) is 9.68. The van der Waals surface area contributed by atoms with Gasteiger partial charge in [-0.1, -0.05) is 106 Å². The van der Waals surface area contributed by atoms with Crippen molar-refractivity contribution in [1.29, 1.82) is 0 Å². The van der Waals surface area contributed by atoms with Gasteiger partial charge in [0, 0.05) is 13.1 Å². The van der Waals surface area contributed by atoms with Crippen molar-refractivity contribution in [2.75, 3.05) is 6.54 Å². The molecule has 130 valence electrons. The molecule has 0 bridgehead atoms. The van der Waals surface area contributed by atoms with Crippen LogP contribution in [-0.2, 0) is 13.1 Å². The molecule has 0 aromatic heterocycles. The van der Waals surface area contributed by atoms with Crippen molar-refractivity contribution in [3.05, 3.63) is 71.8 Å². The maximum atomic E-state index is 2.59. The molecule has 0 unspecified atom stereocenters. The number of hydrogen-bond donors (Lipinski definition) is 0. The molecule has 0 saturated heterocycles. The minimum absolute atomic E-state index is 1.05. The Kier molecular flexibility index (Phi) is 9.26. The van der Waals surface area contributed by atoms with Crippen LogP contribution in [0.15, 0.2) is 60.7 Å². The molecule has 2 rings (SSSR count). The molecule has 24 heavy (non-hydrogen) atoms. The maximum absolute atomic E-state index is 2.59. The van der Waals surface area contributed by atoms with Crippen molar-refractivity contribution < 1.29 is 0 Å². The third kappa shape index (κ3) is 7.79. The molecule has 0 heterocycles. The molecule has 0 aliphatic carbocycles. The summed E-state index contributed by atoms with van der Waals surface area (Å²) in [4.78, 5) is 2.59. The molecule has 0 N–H and O–H groups in total. The highest BCUT2D eigenvalue weighted by atomic mass is 15.1. The normalized spacial score (nSPS) is 11.1. The van der Waals surface area contributed by atoms with Crippen LogP contribution in [0, 0.1) is 0 Å². The second kappa shape index (κ2) is 11.9. The van der Waals surface area contributed by atoms with E-state index in [2.05, 4.69) is 72.5 Å². The molecule has 0 saturated carbocycles. The van der Waals surface area contributed by atoms with Gasteiger partial charge in [0.1, 0.15) is 0 Å². The minimum atomic E-state index is 1.05. The fourth-order valence-corrected chi connectivity index (χ4v) is 3.19. The van der Waals surface area contributed by atoms with E-state index < -0.39 is 0 Å². The Morgan fingerprint density at radius 3 is 1.54 bits per heavy atom. The van der Waals surface area contributed by atoms with Gasteiger partial charge < -0.3 is 0 Å². The van der Waals surface area contributed by atoms with Gasteiger partial charge in [-0.3, -0.25) is 4.90 Å². The highest BCUT2D eigenvalue weighted by Gasteiger charge is 2.07. The zero-order valence-electron chi connectivity index (χ0n) is 15.3. The van der Waals surface area contributed by atoms with Gasteiger partial charge in [0.2, 0.25) is 0 Å². The zero-order chi connectivity index (χ0) is 16.9. The molecular weight excluding hydrogens is 290 g/mol. The Morgan fingerprint density at radius 2 is 1.04 bits per heavy atom. The molecule has 0 amide bonds. The zero-order valence-corrected chi connectivity index (χ0v) is 15.3. The molecule has 2 aromatic rings.